The van der Waals surface area contributed by atoms with Gasteiger partial charge in [0.1, 0.15) is 10.6 Å². The van der Waals surface area contributed by atoms with Gasteiger partial charge in [-0.25, -0.2) is 0 Å². The second-order valence-corrected chi connectivity index (χ2v) is 13.7. The van der Waals surface area contributed by atoms with Crippen LogP contribution in [0.2, 0.25) is 10.0 Å². The van der Waals surface area contributed by atoms with E-state index in [-0.39, 0.29) is 31.8 Å². The number of hydrogen-bond donors (Lipinski definition) is 1. The highest BCUT2D eigenvalue weighted by molar-refractivity contribution is 8.15. The summed E-state index contributed by atoms with van der Waals surface area (Å²) in [7, 11) is -4.10. The molecule has 0 aromatic heterocycles. The topological polar surface area (TPSA) is 97.2 Å². The first-order valence-corrected chi connectivity index (χ1v) is 17.4. The van der Waals surface area contributed by atoms with Crippen molar-refractivity contribution in [3.8, 4) is 5.75 Å². The third-order valence-corrected chi connectivity index (χ3v) is 9.82. The van der Waals surface area contributed by atoms with Crippen LogP contribution in [0, 0.1) is 0 Å². The number of nitrogens with zero attached hydrogens (tertiary/aromatic N) is 2. The normalized spacial score (nSPS) is 16.5. The number of amidine groups is 1. The Bertz CT molecular complexity index is 1300. The van der Waals surface area contributed by atoms with E-state index in [2.05, 4.69) is 22.4 Å². The highest BCUT2D eigenvalue weighted by Gasteiger charge is 2.29. The molecule has 1 aliphatic heterocycles. The molecule has 11 heteroatoms. The number of carbonyl (C=O) groups excluding carboxylic acids is 1. The molecule has 3 rings (SSSR count). The highest BCUT2D eigenvalue weighted by atomic mass is 35.5. The van der Waals surface area contributed by atoms with Crippen molar-refractivity contribution in [2.24, 2.45) is 10.2 Å². The van der Waals surface area contributed by atoms with E-state index in [1.54, 1.807) is 12.1 Å². The molecule has 0 spiro atoms. The zero-order chi connectivity index (χ0) is 29.5. The summed E-state index contributed by atoms with van der Waals surface area (Å²) in [4.78, 5) is 12.2. The fourth-order valence-corrected chi connectivity index (χ4v) is 6.70. The lowest BCUT2D eigenvalue weighted by Gasteiger charge is -2.08. The average molecular weight is 641 g/mol. The average Bonchev–Trinajstić information content (AvgIpc) is 3.29. The molecular formula is C30H39Cl2N3O4S2. The number of halogens is 2. The van der Waals surface area contributed by atoms with Crippen LogP contribution in [0.5, 0.6) is 5.75 Å². The number of hydrogen-bond acceptors (Lipinski definition) is 7. The number of carbonyl (C=O) groups is 1. The van der Waals surface area contributed by atoms with Crippen molar-refractivity contribution in [3.05, 3.63) is 58.1 Å². The van der Waals surface area contributed by atoms with Crippen LogP contribution in [-0.4, -0.2) is 31.0 Å². The summed E-state index contributed by atoms with van der Waals surface area (Å²) < 4.78 is 30.4. The second kappa shape index (κ2) is 17.8. The van der Waals surface area contributed by atoms with Crippen molar-refractivity contribution < 1.29 is 17.4 Å². The number of nitrogens with one attached hydrogen (secondary N) is 1. The first-order chi connectivity index (χ1) is 19.8. The summed E-state index contributed by atoms with van der Waals surface area (Å²) in [6, 6.07) is 10.4. The molecule has 1 N–H and O–H groups in total. The summed E-state index contributed by atoms with van der Waals surface area (Å²) in [6.07, 6.45) is 17.7. The molecule has 1 atom stereocenters. The Kier molecular flexibility index (Phi) is 14.5. The summed E-state index contributed by atoms with van der Waals surface area (Å²) in [5.74, 6) is 0.0774. The van der Waals surface area contributed by atoms with Gasteiger partial charge in [-0.2, -0.15) is 13.5 Å². The van der Waals surface area contributed by atoms with Gasteiger partial charge in [-0.15, -0.1) is 5.10 Å². The Morgan fingerprint density at radius 1 is 0.902 bits per heavy atom. The van der Waals surface area contributed by atoms with Gasteiger partial charge in [-0.05, 0) is 42.3 Å². The van der Waals surface area contributed by atoms with E-state index in [1.165, 1.54) is 113 Å². The van der Waals surface area contributed by atoms with Gasteiger partial charge in [0.25, 0.3) is 0 Å². The molecule has 1 saturated heterocycles. The fourth-order valence-electron chi connectivity index (χ4n) is 4.41. The van der Waals surface area contributed by atoms with Gasteiger partial charge in [0, 0.05) is 0 Å². The first-order valence-electron chi connectivity index (χ1n) is 14.4. The minimum absolute atomic E-state index is 0.0325. The summed E-state index contributed by atoms with van der Waals surface area (Å²) in [5, 5.41) is 11.7. The fraction of sp³-hybridized carbons (Fsp3) is 0.500. The van der Waals surface area contributed by atoms with E-state index in [4.69, 9.17) is 27.4 Å². The smallest absolute Gasteiger partial charge is 0.339 e. The van der Waals surface area contributed by atoms with Crippen molar-refractivity contribution >= 4 is 62.4 Å². The van der Waals surface area contributed by atoms with Gasteiger partial charge in [0.15, 0.2) is 5.17 Å². The van der Waals surface area contributed by atoms with Crippen molar-refractivity contribution in [1.82, 2.24) is 5.32 Å². The standard InChI is InChI=1S/C30H39Cl2N3O4S2/c1-2-3-4-5-6-7-8-9-10-11-12-13-17-28-29(36)34-30(40-28)35-33-22-23-15-14-16-24(20-23)39-41(37,38)25-18-19-26(31)27(32)21-25/h14-16,18-22,28H,2-13,17H2,1H3,(H,34,35,36)/b33-22-/t28-/m1/s1. The Morgan fingerprint density at radius 3 is 2.22 bits per heavy atom. The molecule has 0 saturated carbocycles. The zero-order valence-electron chi connectivity index (χ0n) is 23.5. The van der Waals surface area contributed by atoms with Crippen molar-refractivity contribution in [1.29, 1.82) is 0 Å². The molecule has 1 fully saturated rings. The molecular weight excluding hydrogens is 601 g/mol. The van der Waals surface area contributed by atoms with E-state index in [9.17, 15) is 13.2 Å². The van der Waals surface area contributed by atoms with Gasteiger partial charge in [-0.3, -0.25) is 4.79 Å². The van der Waals surface area contributed by atoms with E-state index in [1.807, 2.05) is 0 Å². The highest BCUT2D eigenvalue weighted by Crippen LogP contribution is 2.27. The SMILES string of the molecule is CCCCCCCCCCCCCC[C@H]1S/C(=N\N=C/c2cccc(OS(=O)(=O)c3ccc(Cl)c(Cl)c3)c2)NC1=O. The van der Waals surface area contributed by atoms with Gasteiger partial charge in [0.05, 0.1) is 21.5 Å². The summed E-state index contributed by atoms with van der Waals surface area (Å²) in [5.41, 5.74) is 0.582. The Morgan fingerprint density at radius 2 is 1.56 bits per heavy atom. The van der Waals surface area contributed by atoms with Gasteiger partial charge < -0.3 is 9.50 Å². The Labute approximate surface area is 258 Å². The van der Waals surface area contributed by atoms with Crippen LogP contribution in [0.25, 0.3) is 0 Å². The molecule has 224 valence electrons. The Balaban J connectivity index is 1.38. The summed E-state index contributed by atoms with van der Waals surface area (Å²) in [6.45, 7) is 2.25. The maximum absolute atomic E-state index is 12.6. The molecule has 41 heavy (non-hydrogen) atoms. The van der Waals surface area contributed by atoms with Gasteiger partial charge in [-0.1, -0.05) is 131 Å². The first kappa shape index (κ1) is 33.4. The monoisotopic (exact) mass is 639 g/mol. The van der Waals surface area contributed by atoms with Crippen molar-refractivity contribution in [2.75, 3.05) is 0 Å². The molecule has 1 aliphatic rings. The largest absolute Gasteiger partial charge is 0.379 e. The van der Waals surface area contributed by atoms with Crippen LogP contribution >= 0.6 is 35.0 Å². The number of thioether (sulfide) groups is 1. The maximum atomic E-state index is 12.6. The molecule has 0 unspecified atom stereocenters. The minimum Gasteiger partial charge on any atom is -0.379 e. The van der Waals surface area contributed by atoms with Gasteiger partial charge in [0.2, 0.25) is 5.91 Å². The predicted molar refractivity (Wildman–Crippen MR) is 171 cm³/mol. The quantitative estimate of drug-likeness (QED) is 0.0761. The zero-order valence-corrected chi connectivity index (χ0v) is 26.6. The van der Waals surface area contributed by atoms with E-state index >= 15 is 0 Å². The number of amides is 1. The minimum atomic E-state index is -4.10. The lowest BCUT2D eigenvalue weighted by atomic mass is 10.0. The van der Waals surface area contributed by atoms with Crippen LogP contribution in [-0.2, 0) is 14.9 Å². The molecule has 1 amide bonds. The van der Waals surface area contributed by atoms with E-state index in [0.717, 1.165) is 19.3 Å². The van der Waals surface area contributed by atoms with Crippen LogP contribution in [0.4, 0.5) is 0 Å². The lowest BCUT2D eigenvalue weighted by molar-refractivity contribution is -0.118. The van der Waals surface area contributed by atoms with Crippen LogP contribution in [0.15, 0.2) is 57.6 Å². The predicted octanol–water partition coefficient (Wildman–Crippen LogP) is 8.77. The summed E-state index contributed by atoms with van der Waals surface area (Å²) >= 11 is 13.2. The number of rotatable bonds is 18. The third-order valence-electron chi connectivity index (χ3n) is 6.70. The van der Waals surface area contributed by atoms with Crippen LogP contribution in [0.1, 0.15) is 96.0 Å². The number of benzene rings is 2. The molecule has 0 radical (unpaired) electrons. The third kappa shape index (κ3) is 12.0. The van der Waals surface area contributed by atoms with Crippen LogP contribution < -0.4 is 9.50 Å². The van der Waals surface area contributed by atoms with Crippen molar-refractivity contribution in [2.45, 2.75) is 101 Å². The molecule has 1 heterocycles. The molecule has 2 aromatic carbocycles. The molecule has 0 aliphatic carbocycles. The van der Waals surface area contributed by atoms with E-state index < -0.39 is 10.1 Å². The number of unbranched alkanes of at least 4 members (excludes halogenated alkanes) is 11. The maximum Gasteiger partial charge on any atom is 0.339 e. The van der Waals surface area contributed by atoms with Gasteiger partial charge >= 0.3 is 10.1 Å². The molecule has 0 bridgehead atoms. The lowest BCUT2D eigenvalue weighted by Crippen LogP contribution is -2.24. The Hall–Kier alpha value is -2.07. The molecule has 2 aromatic rings. The van der Waals surface area contributed by atoms with Crippen molar-refractivity contribution in [3.63, 3.8) is 0 Å². The van der Waals surface area contributed by atoms with Crippen LogP contribution in [0.3, 0.4) is 0 Å². The second-order valence-electron chi connectivity index (χ2n) is 10.1. The molecule has 7 nitrogen and oxygen atoms in total. The van der Waals surface area contributed by atoms with E-state index in [0.29, 0.717) is 10.7 Å².